The van der Waals surface area contributed by atoms with Gasteiger partial charge >= 0.3 is 0 Å². The number of benzene rings is 1. The van der Waals surface area contributed by atoms with Crippen LogP contribution in [0.15, 0.2) is 18.2 Å². The van der Waals surface area contributed by atoms with Crippen molar-refractivity contribution in [2.24, 2.45) is 5.41 Å². The highest BCUT2D eigenvalue weighted by molar-refractivity contribution is 6.30. The first-order valence-corrected chi connectivity index (χ1v) is 7.18. The van der Waals surface area contributed by atoms with Crippen molar-refractivity contribution in [1.82, 2.24) is 10.2 Å². The third kappa shape index (κ3) is 4.97. The Morgan fingerprint density at radius 1 is 1.19 bits per heavy atom. The van der Waals surface area contributed by atoms with E-state index in [9.17, 15) is 4.39 Å². The first kappa shape index (κ1) is 20.9. The topological polar surface area (TPSA) is 15.3 Å². The zero-order chi connectivity index (χ0) is 14.0. The molecule has 21 heavy (non-hydrogen) atoms. The highest BCUT2D eigenvalue weighted by Gasteiger charge is 2.34. The largest absolute Gasteiger partial charge is 0.314 e. The van der Waals surface area contributed by atoms with Crippen LogP contribution in [0.1, 0.15) is 32.4 Å². The van der Waals surface area contributed by atoms with Crippen LogP contribution in [0.4, 0.5) is 4.39 Å². The first-order chi connectivity index (χ1) is 8.91. The maximum absolute atomic E-state index is 14.4. The summed E-state index contributed by atoms with van der Waals surface area (Å²) in [5, 5.41) is 3.55. The van der Waals surface area contributed by atoms with Crippen LogP contribution < -0.4 is 5.32 Å². The Balaban J connectivity index is 0.00000200. The van der Waals surface area contributed by atoms with Crippen LogP contribution in [-0.2, 0) is 0 Å². The lowest BCUT2D eigenvalue weighted by molar-refractivity contribution is 0.0835. The number of hydrogen-bond donors (Lipinski definition) is 1. The normalized spacial score (nSPS) is 17.6. The molecule has 2 nitrogen and oxygen atoms in total. The van der Waals surface area contributed by atoms with Gasteiger partial charge in [0, 0.05) is 37.8 Å². The molecule has 1 heterocycles. The molecule has 0 aromatic heterocycles. The molecule has 0 saturated carbocycles. The van der Waals surface area contributed by atoms with Gasteiger partial charge in [0.1, 0.15) is 5.82 Å². The van der Waals surface area contributed by atoms with Crippen molar-refractivity contribution < 1.29 is 4.39 Å². The zero-order valence-electron chi connectivity index (χ0n) is 12.7. The van der Waals surface area contributed by atoms with Gasteiger partial charge in [-0.15, -0.1) is 24.8 Å². The van der Waals surface area contributed by atoms with Crippen LogP contribution in [0.5, 0.6) is 0 Å². The second kappa shape index (κ2) is 8.54. The Morgan fingerprint density at radius 3 is 2.29 bits per heavy atom. The van der Waals surface area contributed by atoms with E-state index in [4.69, 9.17) is 11.6 Å². The number of hydrogen-bond acceptors (Lipinski definition) is 2. The maximum atomic E-state index is 14.4. The van der Waals surface area contributed by atoms with Crippen molar-refractivity contribution in [3.8, 4) is 0 Å². The van der Waals surface area contributed by atoms with E-state index in [0.29, 0.717) is 5.56 Å². The van der Waals surface area contributed by atoms with E-state index in [2.05, 4.69) is 31.0 Å². The van der Waals surface area contributed by atoms with Crippen LogP contribution in [-0.4, -0.2) is 31.1 Å². The fraction of sp³-hybridized carbons (Fsp3) is 0.600. The standard InChI is InChI=1S/C15H22ClFN2.2ClH/c1-15(2,3)14(19-9-7-18-8-10-19)11-5-4-6-12(16)13(11)17;;/h4-6,14,18H,7-10H2,1-3H3;2*1H/t14-;;/m1../s1. The minimum absolute atomic E-state index is 0. The predicted molar refractivity (Wildman–Crippen MR) is 92.5 cm³/mol. The summed E-state index contributed by atoms with van der Waals surface area (Å²) in [6.45, 7) is 10.2. The monoisotopic (exact) mass is 356 g/mol. The Kier molecular flexibility index (Phi) is 8.52. The van der Waals surface area contributed by atoms with E-state index in [1.807, 2.05) is 12.1 Å². The fourth-order valence-electron chi connectivity index (χ4n) is 2.88. The van der Waals surface area contributed by atoms with Gasteiger partial charge in [0.05, 0.1) is 5.02 Å². The van der Waals surface area contributed by atoms with E-state index in [1.54, 1.807) is 6.07 Å². The predicted octanol–water partition coefficient (Wildman–Crippen LogP) is 4.32. The SMILES string of the molecule is CC(C)(C)[C@@H](c1cccc(Cl)c1F)N1CCNCC1.Cl.Cl. The maximum Gasteiger partial charge on any atom is 0.146 e. The average Bonchev–Trinajstić information content (AvgIpc) is 2.35. The molecule has 1 aromatic rings. The molecule has 1 aliphatic rings. The fourth-order valence-corrected chi connectivity index (χ4v) is 3.06. The molecule has 0 radical (unpaired) electrons. The summed E-state index contributed by atoms with van der Waals surface area (Å²) in [4.78, 5) is 2.35. The molecule has 0 unspecified atom stereocenters. The highest BCUT2D eigenvalue weighted by atomic mass is 35.5. The molecule has 1 aliphatic heterocycles. The lowest BCUT2D eigenvalue weighted by atomic mass is 9.80. The summed E-state index contributed by atoms with van der Waals surface area (Å²) in [6, 6.07) is 5.35. The number of piperazine rings is 1. The number of nitrogens with one attached hydrogen (secondary N) is 1. The molecule has 2 rings (SSSR count). The molecule has 0 amide bonds. The van der Waals surface area contributed by atoms with Gasteiger partial charge in [-0.2, -0.15) is 0 Å². The van der Waals surface area contributed by atoms with Gasteiger partial charge in [0.25, 0.3) is 0 Å². The number of rotatable bonds is 2. The molecule has 1 fully saturated rings. The van der Waals surface area contributed by atoms with Gasteiger partial charge in [-0.3, -0.25) is 4.90 Å². The summed E-state index contributed by atoms with van der Waals surface area (Å²) in [6.07, 6.45) is 0. The van der Waals surface area contributed by atoms with Gasteiger partial charge in [-0.1, -0.05) is 44.5 Å². The van der Waals surface area contributed by atoms with Gasteiger partial charge < -0.3 is 5.32 Å². The van der Waals surface area contributed by atoms with E-state index in [0.717, 1.165) is 26.2 Å². The van der Waals surface area contributed by atoms with Crippen molar-refractivity contribution >= 4 is 36.4 Å². The minimum atomic E-state index is -0.275. The Morgan fingerprint density at radius 2 is 1.76 bits per heavy atom. The van der Waals surface area contributed by atoms with Crippen molar-refractivity contribution in [1.29, 1.82) is 0 Å². The lowest BCUT2D eigenvalue weighted by Crippen LogP contribution is -2.48. The van der Waals surface area contributed by atoms with E-state index in [1.165, 1.54) is 0 Å². The Hall–Kier alpha value is -0.0600. The lowest BCUT2D eigenvalue weighted by Gasteiger charge is -2.42. The van der Waals surface area contributed by atoms with Crippen LogP contribution >= 0.6 is 36.4 Å². The second-order valence-electron chi connectivity index (χ2n) is 6.20. The number of halogens is 4. The first-order valence-electron chi connectivity index (χ1n) is 6.80. The van der Waals surface area contributed by atoms with Crippen molar-refractivity contribution in [3.63, 3.8) is 0 Å². The third-order valence-electron chi connectivity index (χ3n) is 3.61. The summed E-state index contributed by atoms with van der Waals surface area (Å²) >= 11 is 5.94. The molecule has 6 heteroatoms. The summed E-state index contributed by atoms with van der Waals surface area (Å²) < 4.78 is 14.4. The zero-order valence-corrected chi connectivity index (χ0v) is 15.0. The summed E-state index contributed by atoms with van der Waals surface area (Å²) in [5.74, 6) is -0.275. The van der Waals surface area contributed by atoms with Crippen LogP contribution in [0.25, 0.3) is 0 Å². The smallest absolute Gasteiger partial charge is 0.146 e. The molecule has 1 aromatic carbocycles. The van der Waals surface area contributed by atoms with Gasteiger partial charge in [-0.05, 0) is 11.5 Å². The molecule has 122 valence electrons. The number of nitrogens with zero attached hydrogens (tertiary/aromatic N) is 1. The van der Waals surface area contributed by atoms with Crippen molar-refractivity contribution in [2.75, 3.05) is 26.2 Å². The van der Waals surface area contributed by atoms with Gasteiger partial charge in [-0.25, -0.2) is 4.39 Å². The van der Waals surface area contributed by atoms with Crippen LogP contribution in [0.3, 0.4) is 0 Å². The van der Waals surface area contributed by atoms with E-state index < -0.39 is 0 Å². The Labute approximate surface area is 144 Å². The molecule has 1 saturated heterocycles. The van der Waals surface area contributed by atoms with Crippen LogP contribution in [0.2, 0.25) is 5.02 Å². The summed E-state index contributed by atoms with van der Waals surface area (Å²) in [7, 11) is 0. The molecule has 0 bridgehead atoms. The minimum Gasteiger partial charge on any atom is -0.314 e. The van der Waals surface area contributed by atoms with Gasteiger partial charge in [0.2, 0.25) is 0 Å². The quantitative estimate of drug-likeness (QED) is 0.848. The van der Waals surface area contributed by atoms with Crippen molar-refractivity contribution in [3.05, 3.63) is 34.6 Å². The molecular weight excluding hydrogens is 334 g/mol. The molecule has 1 atom stereocenters. The molecule has 0 spiro atoms. The Bertz CT molecular complexity index is 443. The van der Waals surface area contributed by atoms with Gasteiger partial charge in [0.15, 0.2) is 0 Å². The van der Waals surface area contributed by atoms with Crippen LogP contribution in [0, 0.1) is 11.2 Å². The van der Waals surface area contributed by atoms with E-state index >= 15 is 0 Å². The molecule has 0 aliphatic carbocycles. The van der Waals surface area contributed by atoms with Crippen molar-refractivity contribution in [2.45, 2.75) is 26.8 Å². The summed E-state index contributed by atoms with van der Waals surface area (Å²) in [5.41, 5.74) is 0.671. The average molecular weight is 358 g/mol. The third-order valence-corrected chi connectivity index (χ3v) is 3.91. The second-order valence-corrected chi connectivity index (χ2v) is 6.60. The van der Waals surface area contributed by atoms with E-state index in [-0.39, 0.29) is 47.1 Å². The molecular formula is C15H24Cl3FN2. The highest BCUT2D eigenvalue weighted by Crippen LogP contribution is 2.40. The molecule has 1 N–H and O–H groups in total.